The van der Waals surface area contributed by atoms with Gasteiger partial charge in [0.05, 0.1) is 17.6 Å². The number of benzene rings is 3. The lowest BCUT2D eigenvalue weighted by atomic mass is 9.91. The summed E-state index contributed by atoms with van der Waals surface area (Å²) in [6.07, 6.45) is 0.728. The second-order valence-electron chi connectivity index (χ2n) is 8.02. The molecule has 33 heavy (non-hydrogen) atoms. The zero-order valence-electron chi connectivity index (χ0n) is 18.2. The summed E-state index contributed by atoms with van der Waals surface area (Å²) in [5.74, 6) is 0.621. The van der Waals surface area contributed by atoms with E-state index < -0.39 is 4.92 Å². The predicted molar refractivity (Wildman–Crippen MR) is 126 cm³/mol. The van der Waals surface area contributed by atoms with Crippen molar-refractivity contribution in [2.75, 3.05) is 13.2 Å². The number of aromatic nitrogens is 1. The zero-order chi connectivity index (χ0) is 22.9. The third-order valence-corrected chi connectivity index (χ3v) is 6.13. The number of para-hydroxylation sites is 1. The van der Waals surface area contributed by atoms with Crippen LogP contribution in [0.5, 0.6) is 5.75 Å². The van der Waals surface area contributed by atoms with Crippen molar-refractivity contribution in [3.05, 3.63) is 105 Å². The van der Waals surface area contributed by atoms with Crippen LogP contribution in [0.1, 0.15) is 40.1 Å². The van der Waals surface area contributed by atoms with Crippen LogP contribution in [0.25, 0.3) is 10.9 Å². The number of non-ortho nitro benzene ring substituents is 1. The zero-order valence-corrected chi connectivity index (χ0v) is 18.2. The number of nitrogens with one attached hydrogen (secondary N) is 1. The number of carbonyl (C=O) groups excluding carboxylic acids is 1. The van der Waals surface area contributed by atoms with Gasteiger partial charge in [0.1, 0.15) is 5.75 Å². The molecule has 1 aliphatic rings. The number of aromatic amines is 1. The number of carbonyl (C=O) groups is 1. The van der Waals surface area contributed by atoms with Crippen LogP contribution in [0.2, 0.25) is 0 Å². The molecule has 0 fully saturated rings. The van der Waals surface area contributed by atoms with E-state index in [1.165, 1.54) is 35.2 Å². The molecule has 0 saturated heterocycles. The van der Waals surface area contributed by atoms with Crippen molar-refractivity contribution in [2.24, 2.45) is 0 Å². The minimum atomic E-state index is -0.464. The van der Waals surface area contributed by atoms with Gasteiger partial charge in [-0.15, -0.1) is 0 Å². The average Bonchev–Trinajstić information content (AvgIpc) is 3.22. The number of fused-ring (bicyclic) bond motifs is 3. The van der Waals surface area contributed by atoms with E-state index in [1.54, 1.807) is 0 Å². The predicted octanol–water partition coefficient (Wildman–Crippen LogP) is 5.26. The second-order valence-corrected chi connectivity index (χ2v) is 8.02. The molecule has 0 unspecified atom stereocenters. The lowest BCUT2D eigenvalue weighted by molar-refractivity contribution is -0.384. The Morgan fingerprint density at radius 2 is 1.82 bits per heavy atom. The molecule has 0 radical (unpaired) electrons. The molecule has 3 aromatic carbocycles. The highest BCUT2D eigenvalue weighted by Crippen LogP contribution is 2.39. The van der Waals surface area contributed by atoms with Gasteiger partial charge in [0.2, 0.25) is 0 Å². The highest BCUT2D eigenvalue weighted by Gasteiger charge is 2.35. The van der Waals surface area contributed by atoms with Crippen molar-refractivity contribution < 1.29 is 14.5 Å². The molecule has 1 N–H and O–H groups in total. The molecule has 7 nitrogen and oxygen atoms in total. The normalized spacial score (nSPS) is 15.3. The number of H-pyrrole nitrogens is 1. The van der Waals surface area contributed by atoms with Crippen LogP contribution in [0.4, 0.5) is 5.69 Å². The maximum atomic E-state index is 13.6. The monoisotopic (exact) mass is 441 g/mol. The number of nitro benzene ring substituents is 1. The molecule has 0 saturated carbocycles. The minimum absolute atomic E-state index is 0.0360. The largest absolute Gasteiger partial charge is 0.494 e. The number of nitrogens with zero attached hydrogens (tertiary/aromatic N) is 2. The fourth-order valence-corrected chi connectivity index (χ4v) is 4.61. The molecular weight excluding hydrogens is 418 g/mol. The summed E-state index contributed by atoms with van der Waals surface area (Å²) < 4.78 is 5.60. The van der Waals surface area contributed by atoms with Gasteiger partial charge in [-0.1, -0.05) is 30.3 Å². The fourth-order valence-electron chi connectivity index (χ4n) is 4.61. The molecule has 0 spiro atoms. The van der Waals surface area contributed by atoms with Gasteiger partial charge in [-0.2, -0.15) is 0 Å². The number of amides is 1. The first kappa shape index (κ1) is 20.8. The Labute approximate surface area is 190 Å². The highest BCUT2D eigenvalue weighted by atomic mass is 16.6. The van der Waals surface area contributed by atoms with Crippen LogP contribution in [-0.2, 0) is 6.42 Å². The SMILES string of the molecule is CCOc1ccc([C@H]2c3[nH]c4ccccc4c3CCN2C(=O)c2ccc([N+](=O)[O-])cc2)cc1. The van der Waals surface area contributed by atoms with E-state index in [2.05, 4.69) is 11.1 Å². The van der Waals surface area contributed by atoms with E-state index >= 15 is 0 Å². The summed E-state index contributed by atoms with van der Waals surface area (Å²) in [6.45, 7) is 3.07. The van der Waals surface area contributed by atoms with Crippen molar-refractivity contribution >= 4 is 22.5 Å². The molecule has 7 heteroatoms. The summed E-state index contributed by atoms with van der Waals surface area (Å²) in [4.78, 5) is 29.5. The molecule has 166 valence electrons. The first-order valence-corrected chi connectivity index (χ1v) is 10.9. The van der Waals surface area contributed by atoms with Crippen LogP contribution in [-0.4, -0.2) is 33.9 Å². The Hall–Kier alpha value is -4.13. The molecular formula is C26H23N3O4. The summed E-state index contributed by atoms with van der Waals surface area (Å²) in [5, 5.41) is 12.2. The second kappa shape index (κ2) is 8.43. The fraction of sp³-hybridized carbons (Fsp3) is 0.192. The maximum absolute atomic E-state index is 13.6. The molecule has 1 amide bonds. The number of nitro groups is 1. The Balaban J connectivity index is 1.59. The number of ether oxygens (including phenoxy) is 1. The Morgan fingerprint density at radius 1 is 1.09 bits per heavy atom. The van der Waals surface area contributed by atoms with Crippen LogP contribution >= 0.6 is 0 Å². The Bertz CT molecular complexity index is 1330. The van der Waals surface area contributed by atoms with Gasteiger partial charge >= 0.3 is 0 Å². The molecule has 1 aliphatic heterocycles. The number of hydrogen-bond acceptors (Lipinski definition) is 4. The van der Waals surface area contributed by atoms with Gasteiger partial charge < -0.3 is 14.6 Å². The molecule has 1 aromatic heterocycles. The van der Waals surface area contributed by atoms with Gasteiger partial charge in [0.25, 0.3) is 11.6 Å². The quantitative estimate of drug-likeness (QED) is 0.338. The summed E-state index contributed by atoms with van der Waals surface area (Å²) in [7, 11) is 0. The van der Waals surface area contributed by atoms with Crippen LogP contribution in [0.3, 0.4) is 0 Å². The number of rotatable bonds is 5. The van der Waals surface area contributed by atoms with E-state index in [0.717, 1.165) is 28.9 Å². The molecule has 0 bridgehead atoms. The van der Waals surface area contributed by atoms with Crippen molar-refractivity contribution in [1.82, 2.24) is 9.88 Å². The average molecular weight is 441 g/mol. The minimum Gasteiger partial charge on any atom is -0.494 e. The molecule has 5 rings (SSSR count). The van der Waals surface area contributed by atoms with E-state index in [0.29, 0.717) is 18.7 Å². The molecule has 1 atom stereocenters. The first-order chi connectivity index (χ1) is 16.1. The molecule has 0 aliphatic carbocycles. The summed E-state index contributed by atoms with van der Waals surface area (Å²) in [6, 6.07) is 21.5. The third kappa shape index (κ3) is 3.71. The van der Waals surface area contributed by atoms with Crippen LogP contribution in [0, 0.1) is 10.1 Å². The van der Waals surface area contributed by atoms with Crippen LogP contribution in [0.15, 0.2) is 72.8 Å². The Morgan fingerprint density at radius 3 is 2.52 bits per heavy atom. The van der Waals surface area contributed by atoms with E-state index in [1.807, 2.05) is 54.3 Å². The van der Waals surface area contributed by atoms with E-state index in [9.17, 15) is 14.9 Å². The van der Waals surface area contributed by atoms with E-state index in [-0.39, 0.29) is 17.6 Å². The lowest BCUT2D eigenvalue weighted by Gasteiger charge is -2.36. The Kier molecular flexibility index (Phi) is 5.30. The van der Waals surface area contributed by atoms with Gasteiger partial charge in [-0.3, -0.25) is 14.9 Å². The van der Waals surface area contributed by atoms with Crippen molar-refractivity contribution in [1.29, 1.82) is 0 Å². The first-order valence-electron chi connectivity index (χ1n) is 10.9. The van der Waals surface area contributed by atoms with Gasteiger partial charge in [0.15, 0.2) is 0 Å². The maximum Gasteiger partial charge on any atom is 0.269 e. The van der Waals surface area contributed by atoms with Crippen LogP contribution < -0.4 is 4.74 Å². The standard InChI is InChI=1S/C26H23N3O4/c1-2-33-20-13-9-17(10-14-20)25-24-22(21-5-3-4-6-23(21)27-24)15-16-28(25)26(30)18-7-11-19(12-8-18)29(31)32/h3-14,25,27H,2,15-16H2,1H3/t25-/m0/s1. The summed E-state index contributed by atoms with van der Waals surface area (Å²) >= 11 is 0. The smallest absolute Gasteiger partial charge is 0.269 e. The third-order valence-electron chi connectivity index (χ3n) is 6.13. The van der Waals surface area contributed by atoms with Crippen molar-refractivity contribution in [2.45, 2.75) is 19.4 Å². The molecule has 4 aromatic rings. The lowest BCUT2D eigenvalue weighted by Crippen LogP contribution is -2.40. The summed E-state index contributed by atoms with van der Waals surface area (Å²) in [5.41, 5.74) is 4.63. The van der Waals surface area contributed by atoms with Crippen molar-refractivity contribution in [3.8, 4) is 5.75 Å². The van der Waals surface area contributed by atoms with Gasteiger partial charge in [-0.25, -0.2) is 0 Å². The topological polar surface area (TPSA) is 88.5 Å². The van der Waals surface area contributed by atoms with Crippen molar-refractivity contribution in [3.63, 3.8) is 0 Å². The van der Waals surface area contributed by atoms with E-state index in [4.69, 9.17) is 4.74 Å². The molecule has 2 heterocycles. The number of hydrogen-bond donors (Lipinski definition) is 1. The van der Waals surface area contributed by atoms with Gasteiger partial charge in [0, 0.05) is 40.8 Å². The van der Waals surface area contributed by atoms with Gasteiger partial charge in [-0.05, 0) is 54.8 Å². The highest BCUT2D eigenvalue weighted by molar-refractivity contribution is 5.96.